The number of nitrogens with zero attached hydrogens (tertiary/aromatic N) is 3. The summed E-state index contributed by atoms with van der Waals surface area (Å²) in [5.41, 5.74) is 1.97. The number of anilines is 2. The Morgan fingerprint density at radius 2 is 2.17 bits per heavy atom. The molecule has 5 nitrogen and oxygen atoms in total. The zero-order valence-corrected chi connectivity index (χ0v) is 15.1. The van der Waals surface area contributed by atoms with Gasteiger partial charge in [-0.2, -0.15) is 4.98 Å². The number of fused-ring (bicyclic) bond motifs is 1. The van der Waals surface area contributed by atoms with Crippen molar-refractivity contribution in [2.75, 3.05) is 5.32 Å². The molecule has 3 aromatic rings. The van der Waals surface area contributed by atoms with E-state index in [-0.39, 0.29) is 5.82 Å². The Morgan fingerprint density at radius 1 is 1.33 bits per heavy atom. The summed E-state index contributed by atoms with van der Waals surface area (Å²) in [4.78, 5) is 4.39. The minimum absolute atomic E-state index is 0.249. The highest BCUT2D eigenvalue weighted by Crippen LogP contribution is 2.21. The van der Waals surface area contributed by atoms with Crippen molar-refractivity contribution in [2.24, 2.45) is 0 Å². The molecule has 2 N–H and O–H groups in total. The average molecular weight is 392 g/mol. The third kappa shape index (κ3) is 3.73. The van der Waals surface area contributed by atoms with Crippen LogP contribution in [-0.4, -0.2) is 20.6 Å². The lowest BCUT2D eigenvalue weighted by molar-refractivity contribution is 0.517. The molecule has 0 spiro atoms. The van der Waals surface area contributed by atoms with Gasteiger partial charge in [0.05, 0.1) is 4.47 Å². The summed E-state index contributed by atoms with van der Waals surface area (Å²) in [5, 5.41) is 10.7. The van der Waals surface area contributed by atoms with E-state index >= 15 is 0 Å². The van der Waals surface area contributed by atoms with Crippen molar-refractivity contribution in [3.05, 3.63) is 52.4 Å². The van der Waals surface area contributed by atoms with Crippen LogP contribution in [0.4, 0.5) is 16.0 Å². The van der Waals surface area contributed by atoms with Gasteiger partial charge in [0.15, 0.2) is 5.65 Å². The first-order chi connectivity index (χ1) is 11.6. The molecule has 0 fully saturated rings. The van der Waals surface area contributed by atoms with Crippen molar-refractivity contribution in [3.8, 4) is 0 Å². The molecular weight excluding hydrogens is 373 g/mol. The van der Waals surface area contributed by atoms with E-state index in [0.29, 0.717) is 35.4 Å². The molecule has 0 radical (unpaired) electrons. The summed E-state index contributed by atoms with van der Waals surface area (Å²) in [6, 6.07) is 9.20. The fourth-order valence-corrected chi connectivity index (χ4v) is 2.68. The number of aromatic nitrogens is 3. The van der Waals surface area contributed by atoms with Crippen molar-refractivity contribution >= 4 is 33.2 Å². The van der Waals surface area contributed by atoms with E-state index in [1.165, 1.54) is 6.07 Å². The number of pyridine rings is 1. The zero-order chi connectivity index (χ0) is 17.1. The van der Waals surface area contributed by atoms with Crippen LogP contribution in [0.5, 0.6) is 0 Å². The van der Waals surface area contributed by atoms with Gasteiger partial charge in [-0.3, -0.25) is 0 Å². The molecule has 24 heavy (non-hydrogen) atoms. The molecule has 1 aromatic carbocycles. The minimum Gasteiger partial charge on any atom is -0.323 e. The van der Waals surface area contributed by atoms with Crippen LogP contribution in [0, 0.1) is 5.82 Å². The van der Waals surface area contributed by atoms with E-state index in [9.17, 15) is 4.39 Å². The summed E-state index contributed by atoms with van der Waals surface area (Å²) in [5.74, 6) is 0.174. The van der Waals surface area contributed by atoms with Crippen LogP contribution in [-0.2, 0) is 6.54 Å². The number of hydrogen-bond donors (Lipinski definition) is 2. The van der Waals surface area contributed by atoms with E-state index in [1.54, 1.807) is 10.6 Å². The Hall–Kier alpha value is -1.99. The third-order valence-electron chi connectivity index (χ3n) is 3.88. The van der Waals surface area contributed by atoms with Crippen molar-refractivity contribution in [3.63, 3.8) is 0 Å². The van der Waals surface area contributed by atoms with Gasteiger partial charge < -0.3 is 10.6 Å². The normalized spacial score (nSPS) is 12.5. The molecule has 126 valence electrons. The van der Waals surface area contributed by atoms with Gasteiger partial charge in [-0.1, -0.05) is 13.0 Å². The average Bonchev–Trinajstić information content (AvgIpc) is 2.97. The molecule has 0 aliphatic carbocycles. The molecule has 1 unspecified atom stereocenters. The largest absolute Gasteiger partial charge is 0.323 e. The summed E-state index contributed by atoms with van der Waals surface area (Å²) in [7, 11) is 0. The Labute approximate surface area is 148 Å². The second-order valence-electron chi connectivity index (χ2n) is 5.68. The molecule has 7 heteroatoms. The fourth-order valence-electron chi connectivity index (χ4n) is 2.25. The highest BCUT2D eigenvalue weighted by molar-refractivity contribution is 9.10. The van der Waals surface area contributed by atoms with Crippen molar-refractivity contribution in [2.45, 2.75) is 32.9 Å². The summed E-state index contributed by atoms with van der Waals surface area (Å²) in [6.07, 6.45) is 2.82. The lowest BCUT2D eigenvalue weighted by Gasteiger charge is -2.12. The molecule has 0 saturated carbocycles. The zero-order valence-electron chi connectivity index (χ0n) is 13.6. The Balaban J connectivity index is 1.75. The molecule has 0 bridgehead atoms. The number of rotatable bonds is 6. The molecule has 2 heterocycles. The lowest BCUT2D eigenvalue weighted by Crippen LogP contribution is -2.24. The van der Waals surface area contributed by atoms with E-state index in [4.69, 9.17) is 0 Å². The van der Waals surface area contributed by atoms with Crippen LogP contribution in [0.15, 0.2) is 41.0 Å². The van der Waals surface area contributed by atoms with Crippen molar-refractivity contribution < 1.29 is 4.39 Å². The van der Waals surface area contributed by atoms with Gasteiger partial charge in [-0.05, 0) is 53.5 Å². The van der Waals surface area contributed by atoms with E-state index in [2.05, 4.69) is 50.5 Å². The van der Waals surface area contributed by atoms with Crippen LogP contribution in [0.25, 0.3) is 5.65 Å². The van der Waals surface area contributed by atoms with Gasteiger partial charge in [0.2, 0.25) is 5.95 Å². The van der Waals surface area contributed by atoms with Gasteiger partial charge in [-0.25, -0.2) is 8.91 Å². The number of hydrogen-bond acceptors (Lipinski definition) is 4. The maximum Gasteiger partial charge on any atom is 0.247 e. The fraction of sp³-hybridized carbons (Fsp3) is 0.294. The number of benzene rings is 1. The van der Waals surface area contributed by atoms with Crippen LogP contribution in [0.1, 0.15) is 25.8 Å². The van der Waals surface area contributed by atoms with E-state index in [1.807, 2.05) is 24.4 Å². The standard InChI is InChI=1S/C17H19BrFN5/c1-3-11(2)20-10-12-6-7-13(9-15(12)19)21-17-22-16-14(18)5-4-8-24(16)23-17/h4-9,11,20H,3,10H2,1-2H3,(H,21,23). The second-order valence-corrected chi connectivity index (χ2v) is 6.54. The van der Waals surface area contributed by atoms with Gasteiger partial charge in [0, 0.05) is 30.0 Å². The Kier molecular flexibility index (Phi) is 5.11. The molecule has 0 saturated heterocycles. The predicted molar refractivity (Wildman–Crippen MR) is 97.0 cm³/mol. The molecule has 0 amide bonds. The van der Waals surface area contributed by atoms with Crippen LogP contribution in [0.3, 0.4) is 0 Å². The van der Waals surface area contributed by atoms with Crippen molar-refractivity contribution in [1.29, 1.82) is 0 Å². The smallest absolute Gasteiger partial charge is 0.247 e. The molecule has 2 aromatic heterocycles. The molecular formula is C17H19BrFN5. The van der Waals surface area contributed by atoms with E-state index in [0.717, 1.165) is 10.9 Å². The summed E-state index contributed by atoms with van der Waals surface area (Å²) < 4.78 is 16.8. The van der Waals surface area contributed by atoms with Gasteiger partial charge in [0.1, 0.15) is 5.82 Å². The number of halogens is 2. The predicted octanol–water partition coefficient (Wildman–Crippen LogP) is 4.26. The highest BCUT2D eigenvalue weighted by atomic mass is 79.9. The topological polar surface area (TPSA) is 54.2 Å². The third-order valence-corrected chi connectivity index (χ3v) is 4.50. The number of nitrogens with one attached hydrogen (secondary N) is 2. The first kappa shape index (κ1) is 16.9. The Morgan fingerprint density at radius 3 is 2.88 bits per heavy atom. The van der Waals surface area contributed by atoms with Gasteiger partial charge in [0.25, 0.3) is 0 Å². The Bertz CT molecular complexity index is 848. The minimum atomic E-state index is -0.249. The summed E-state index contributed by atoms with van der Waals surface area (Å²) in [6.45, 7) is 4.70. The molecule has 3 rings (SSSR count). The van der Waals surface area contributed by atoms with Crippen LogP contribution in [0.2, 0.25) is 0 Å². The first-order valence-electron chi connectivity index (χ1n) is 7.86. The molecule has 0 aliphatic heterocycles. The van der Waals surface area contributed by atoms with E-state index < -0.39 is 0 Å². The monoisotopic (exact) mass is 391 g/mol. The van der Waals surface area contributed by atoms with Gasteiger partial charge >= 0.3 is 0 Å². The lowest BCUT2D eigenvalue weighted by atomic mass is 10.1. The maximum absolute atomic E-state index is 14.2. The summed E-state index contributed by atoms with van der Waals surface area (Å²) >= 11 is 3.43. The van der Waals surface area contributed by atoms with Crippen molar-refractivity contribution in [1.82, 2.24) is 19.9 Å². The molecule has 1 atom stereocenters. The second kappa shape index (κ2) is 7.27. The SMILES string of the molecule is CCC(C)NCc1ccc(Nc2nc3c(Br)cccn3n2)cc1F. The maximum atomic E-state index is 14.2. The molecule has 0 aliphatic rings. The van der Waals surface area contributed by atoms with Crippen LogP contribution >= 0.6 is 15.9 Å². The van der Waals surface area contributed by atoms with Gasteiger partial charge in [-0.15, -0.1) is 5.10 Å². The first-order valence-corrected chi connectivity index (χ1v) is 8.66. The van der Waals surface area contributed by atoms with Crippen LogP contribution < -0.4 is 10.6 Å². The highest BCUT2D eigenvalue weighted by Gasteiger charge is 2.09. The quantitative estimate of drug-likeness (QED) is 0.658.